The average molecular weight is 271 g/mol. The lowest BCUT2D eigenvalue weighted by Crippen LogP contribution is -1.93. The van der Waals surface area contributed by atoms with Crippen LogP contribution < -0.4 is 0 Å². The molecule has 0 saturated heterocycles. The van der Waals surface area contributed by atoms with E-state index in [1.54, 1.807) is 17.7 Å². The Morgan fingerprint density at radius 1 is 1.26 bits per heavy atom. The maximum atomic E-state index is 11.1. The van der Waals surface area contributed by atoms with Gasteiger partial charge < -0.3 is 10.1 Å². The Morgan fingerprint density at radius 3 is 2.79 bits per heavy atom. The maximum Gasteiger partial charge on any atom is 0.356 e. The highest BCUT2D eigenvalue weighted by Gasteiger charge is 2.21. The molecule has 0 aliphatic carbocycles. The molecule has 2 aromatic heterocycles. The van der Waals surface area contributed by atoms with Crippen molar-refractivity contribution in [3.63, 3.8) is 0 Å². The van der Waals surface area contributed by atoms with Gasteiger partial charge in [-0.2, -0.15) is 9.38 Å². The molecule has 2 heterocycles. The predicted molar refractivity (Wildman–Crippen MR) is 75.1 cm³/mol. The number of aromatic nitrogens is 2. The summed E-state index contributed by atoms with van der Waals surface area (Å²) in [6, 6.07) is 9.62. The first-order valence-corrected chi connectivity index (χ1v) is 6.47. The quantitative estimate of drug-likeness (QED) is 0.541. The van der Waals surface area contributed by atoms with Crippen LogP contribution in [0, 0.1) is 10.1 Å². The molecule has 0 aliphatic heterocycles. The lowest BCUT2D eigenvalue weighted by Gasteiger charge is -1.93. The first-order valence-electron chi connectivity index (χ1n) is 5.59. The Balaban J connectivity index is 2.05. The summed E-state index contributed by atoms with van der Waals surface area (Å²) in [5, 5.41) is 12.9. The van der Waals surface area contributed by atoms with E-state index in [2.05, 4.69) is 4.98 Å². The molecule has 0 fully saturated rings. The second-order valence-electron chi connectivity index (χ2n) is 3.88. The number of imidazole rings is 1. The van der Waals surface area contributed by atoms with Gasteiger partial charge in [0.1, 0.15) is 6.20 Å². The van der Waals surface area contributed by atoms with Crippen LogP contribution in [-0.2, 0) is 0 Å². The lowest BCUT2D eigenvalue weighted by atomic mass is 10.2. The van der Waals surface area contributed by atoms with Crippen molar-refractivity contribution in [2.24, 2.45) is 0 Å². The van der Waals surface area contributed by atoms with Crippen molar-refractivity contribution in [2.45, 2.75) is 0 Å². The fourth-order valence-electron chi connectivity index (χ4n) is 1.82. The molecule has 94 valence electrons. The van der Waals surface area contributed by atoms with Gasteiger partial charge in [0.2, 0.25) is 0 Å². The molecule has 0 amide bonds. The summed E-state index contributed by atoms with van der Waals surface area (Å²) >= 11 is 1.37. The Kier molecular flexibility index (Phi) is 2.85. The van der Waals surface area contributed by atoms with Crippen LogP contribution in [0.5, 0.6) is 0 Å². The van der Waals surface area contributed by atoms with E-state index in [1.165, 1.54) is 15.7 Å². The molecule has 0 saturated carbocycles. The van der Waals surface area contributed by atoms with Crippen molar-refractivity contribution in [1.82, 2.24) is 9.38 Å². The molecule has 0 N–H and O–H groups in total. The molecule has 1 aromatic carbocycles. The van der Waals surface area contributed by atoms with Gasteiger partial charge in [-0.3, -0.25) is 0 Å². The highest BCUT2D eigenvalue weighted by Crippen LogP contribution is 2.25. The van der Waals surface area contributed by atoms with Crippen LogP contribution in [0.2, 0.25) is 0 Å². The van der Waals surface area contributed by atoms with E-state index in [9.17, 15) is 10.1 Å². The number of thiazole rings is 1. The average Bonchev–Trinajstić information content (AvgIpc) is 2.96. The molecule has 5 nitrogen and oxygen atoms in total. The predicted octanol–water partition coefficient (Wildman–Crippen LogP) is 3.47. The largest absolute Gasteiger partial charge is 0.358 e. The second-order valence-corrected chi connectivity index (χ2v) is 4.75. The third-order valence-corrected chi connectivity index (χ3v) is 3.43. The van der Waals surface area contributed by atoms with E-state index in [1.807, 2.05) is 36.4 Å². The number of fused-ring (bicyclic) bond motifs is 1. The van der Waals surface area contributed by atoms with Gasteiger partial charge >= 0.3 is 5.82 Å². The van der Waals surface area contributed by atoms with Gasteiger partial charge in [0, 0.05) is 5.38 Å². The van der Waals surface area contributed by atoms with Crippen molar-refractivity contribution in [2.75, 3.05) is 0 Å². The molecule has 3 aromatic rings. The zero-order valence-electron chi connectivity index (χ0n) is 9.76. The van der Waals surface area contributed by atoms with Crippen molar-refractivity contribution < 1.29 is 4.92 Å². The smallest absolute Gasteiger partial charge is 0.356 e. The Bertz CT molecular complexity index is 759. The van der Waals surface area contributed by atoms with Gasteiger partial charge in [-0.25, -0.2) is 0 Å². The van der Waals surface area contributed by atoms with Gasteiger partial charge in [-0.15, -0.1) is 0 Å². The Morgan fingerprint density at radius 2 is 2.05 bits per heavy atom. The van der Waals surface area contributed by atoms with Gasteiger partial charge in [0.25, 0.3) is 4.96 Å². The molecule has 0 atom stereocenters. The summed E-state index contributed by atoms with van der Waals surface area (Å²) in [6.07, 6.45) is 5.15. The van der Waals surface area contributed by atoms with Crippen LogP contribution >= 0.6 is 11.3 Å². The first-order chi connectivity index (χ1) is 9.25. The molecule has 0 bridgehead atoms. The molecule has 0 radical (unpaired) electrons. The monoisotopic (exact) mass is 271 g/mol. The van der Waals surface area contributed by atoms with Crippen LogP contribution in [0.4, 0.5) is 5.82 Å². The van der Waals surface area contributed by atoms with E-state index >= 15 is 0 Å². The second kappa shape index (κ2) is 4.66. The van der Waals surface area contributed by atoms with Gasteiger partial charge in [0.15, 0.2) is 5.69 Å². The molecule has 0 aliphatic rings. The summed E-state index contributed by atoms with van der Waals surface area (Å²) in [5.41, 5.74) is 1.36. The molecular weight excluding hydrogens is 262 g/mol. The van der Waals surface area contributed by atoms with E-state index in [0.717, 1.165) is 5.56 Å². The van der Waals surface area contributed by atoms with Crippen molar-refractivity contribution in [3.8, 4) is 0 Å². The van der Waals surface area contributed by atoms with Crippen molar-refractivity contribution in [3.05, 3.63) is 63.3 Å². The molecule has 3 rings (SSSR count). The lowest BCUT2D eigenvalue weighted by molar-refractivity contribution is -0.390. The number of hydrogen-bond donors (Lipinski definition) is 0. The third kappa shape index (κ3) is 2.13. The standard InChI is InChI=1S/C13H9N3O2S/c17-16(18)12-11(14-13-15(12)8-9-19-13)7-6-10-4-2-1-3-5-10/h1-9H/b7-6+. The van der Waals surface area contributed by atoms with Crippen LogP contribution in [0.25, 0.3) is 17.1 Å². The summed E-state index contributed by atoms with van der Waals surface area (Å²) < 4.78 is 1.50. The summed E-state index contributed by atoms with van der Waals surface area (Å²) in [6.45, 7) is 0. The minimum absolute atomic E-state index is 0.00318. The highest BCUT2D eigenvalue weighted by molar-refractivity contribution is 7.15. The fraction of sp³-hybridized carbons (Fsp3) is 0. The highest BCUT2D eigenvalue weighted by atomic mass is 32.1. The van der Waals surface area contributed by atoms with Gasteiger partial charge in [-0.05, 0) is 16.6 Å². The van der Waals surface area contributed by atoms with E-state index in [-0.39, 0.29) is 5.82 Å². The van der Waals surface area contributed by atoms with E-state index in [4.69, 9.17) is 0 Å². The van der Waals surface area contributed by atoms with E-state index in [0.29, 0.717) is 10.7 Å². The minimum Gasteiger partial charge on any atom is -0.358 e. The normalized spacial score (nSPS) is 11.4. The SMILES string of the molecule is O=[N+]([O-])c1c(/C=C/c2ccccc2)nc2sccn12. The van der Waals surface area contributed by atoms with E-state index < -0.39 is 4.92 Å². The summed E-state index contributed by atoms with van der Waals surface area (Å²) in [7, 11) is 0. The van der Waals surface area contributed by atoms with Crippen LogP contribution in [0.1, 0.15) is 11.3 Å². The molecule has 0 unspecified atom stereocenters. The first kappa shape index (κ1) is 11.6. The minimum atomic E-state index is -0.405. The zero-order chi connectivity index (χ0) is 13.2. The third-order valence-electron chi connectivity index (χ3n) is 2.67. The van der Waals surface area contributed by atoms with Gasteiger partial charge in [-0.1, -0.05) is 47.7 Å². The molecule has 6 heteroatoms. The van der Waals surface area contributed by atoms with Crippen LogP contribution in [0.3, 0.4) is 0 Å². The number of rotatable bonds is 3. The van der Waals surface area contributed by atoms with Crippen LogP contribution in [0.15, 0.2) is 41.9 Å². The topological polar surface area (TPSA) is 60.4 Å². The van der Waals surface area contributed by atoms with Crippen LogP contribution in [-0.4, -0.2) is 14.3 Å². The Hall–Kier alpha value is -2.47. The van der Waals surface area contributed by atoms with Gasteiger partial charge in [0.05, 0.1) is 0 Å². The van der Waals surface area contributed by atoms with Crippen molar-refractivity contribution >= 4 is 34.3 Å². The number of hydrogen-bond acceptors (Lipinski definition) is 4. The molecule has 0 spiro atoms. The maximum absolute atomic E-state index is 11.1. The zero-order valence-corrected chi connectivity index (χ0v) is 10.6. The molecular formula is C13H9N3O2S. The number of benzene rings is 1. The summed E-state index contributed by atoms with van der Waals surface area (Å²) in [5.74, 6) is 0.00318. The number of nitrogens with zero attached hydrogens (tertiary/aromatic N) is 3. The Labute approximate surface area is 112 Å². The fourth-order valence-corrected chi connectivity index (χ4v) is 2.54. The molecule has 19 heavy (non-hydrogen) atoms. The van der Waals surface area contributed by atoms with Crippen molar-refractivity contribution in [1.29, 1.82) is 0 Å². The summed E-state index contributed by atoms with van der Waals surface area (Å²) in [4.78, 5) is 15.6. The number of nitro groups is 1.